The van der Waals surface area contributed by atoms with E-state index in [1.165, 1.54) is 22.3 Å². The molecule has 0 spiro atoms. The van der Waals surface area contributed by atoms with E-state index in [4.69, 9.17) is 4.74 Å². The Morgan fingerprint density at radius 1 is 1.00 bits per heavy atom. The average molecular weight is 384 g/mol. The molecule has 0 bridgehead atoms. The summed E-state index contributed by atoms with van der Waals surface area (Å²) in [6.45, 7) is 4.26. The molecule has 0 aliphatic rings. The van der Waals surface area contributed by atoms with E-state index in [2.05, 4.69) is 70.0 Å². The lowest BCUT2D eigenvalue weighted by molar-refractivity contribution is 0.414. The van der Waals surface area contributed by atoms with Crippen LogP contribution in [0.3, 0.4) is 0 Å². The van der Waals surface area contributed by atoms with Crippen molar-refractivity contribution in [1.29, 1.82) is 0 Å². The van der Waals surface area contributed by atoms with Crippen LogP contribution in [0.25, 0.3) is 0 Å². The topological polar surface area (TPSA) is 9.23 Å². The maximum absolute atomic E-state index is 5.23. The zero-order valence-electron chi connectivity index (χ0n) is 11.2. The fraction of sp³-hybridized carbons (Fsp3) is 0.250. The quantitative estimate of drug-likeness (QED) is 0.630. The zero-order valence-corrected chi connectivity index (χ0v) is 14.4. The summed E-state index contributed by atoms with van der Waals surface area (Å²) in [6, 6.07) is 12.6. The highest BCUT2D eigenvalue weighted by Crippen LogP contribution is 2.38. The molecular formula is C16H16Br2O. The molecule has 2 aromatic carbocycles. The van der Waals surface area contributed by atoms with Crippen molar-refractivity contribution in [2.75, 3.05) is 7.11 Å². The molecule has 3 heteroatoms. The minimum Gasteiger partial charge on any atom is -0.497 e. The Hall–Kier alpha value is -0.800. The minimum atomic E-state index is 0.174. The summed E-state index contributed by atoms with van der Waals surface area (Å²) in [5.74, 6) is 0.857. The first-order chi connectivity index (χ1) is 9.02. The van der Waals surface area contributed by atoms with E-state index < -0.39 is 0 Å². The van der Waals surface area contributed by atoms with E-state index in [1.54, 1.807) is 7.11 Å². The highest BCUT2D eigenvalue weighted by atomic mass is 79.9. The maximum atomic E-state index is 5.23. The molecule has 0 aromatic heterocycles. The minimum absolute atomic E-state index is 0.174. The van der Waals surface area contributed by atoms with Crippen molar-refractivity contribution in [2.24, 2.45) is 0 Å². The zero-order chi connectivity index (χ0) is 14.0. The number of hydrogen-bond donors (Lipinski definition) is 0. The summed E-state index contributed by atoms with van der Waals surface area (Å²) in [7, 11) is 1.68. The number of hydrogen-bond acceptors (Lipinski definition) is 1. The molecule has 19 heavy (non-hydrogen) atoms. The summed E-state index contributed by atoms with van der Waals surface area (Å²) in [4.78, 5) is 0.174. The van der Waals surface area contributed by atoms with Crippen LogP contribution in [0.5, 0.6) is 5.75 Å². The first kappa shape index (κ1) is 14.6. The summed E-state index contributed by atoms with van der Waals surface area (Å²) in [6.07, 6.45) is 0. The molecular weight excluding hydrogens is 368 g/mol. The molecule has 0 fully saturated rings. The van der Waals surface area contributed by atoms with Crippen molar-refractivity contribution in [3.63, 3.8) is 0 Å². The second-order valence-corrected chi connectivity index (χ2v) is 6.38. The van der Waals surface area contributed by atoms with E-state index in [0.717, 1.165) is 10.2 Å². The Morgan fingerprint density at radius 2 is 1.68 bits per heavy atom. The van der Waals surface area contributed by atoms with Crippen LogP contribution in [0.2, 0.25) is 0 Å². The van der Waals surface area contributed by atoms with Gasteiger partial charge >= 0.3 is 0 Å². The monoisotopic (exact) mass is 382 g/mol. The lowest BCUT2D eigenvalue weighted by atomic mass is 9.99. The normalized spacial score (nSPS) is 12.3. The molecule has 1 atom stereocenters. The summed E-state index contributed by atoms with van der Waals surface area (Å²) < 4.78 is 6.28. The molecule has 0 N–H and O–H groups in total. The summed E-state index contributed by atoms with van der Waals surface area (Å²) in [5, 5.41) is 0. The van der Waals surface area contributed by atoms with Gasteiger partial charge in [-0.2, -0.15) is 0 Å². The number of ether oxygens (including phenoxy) is 1. The van der Waals surface area contributed by atoms with Crippen molar-refractivity contribution >= 4 is 31.9 Å². The number of aryl methyl sites for hydroxylation is 2. The Labute approximate surface area is 131 Å². The van der Waals surface area contributed by atoms with Gasteiger partial charge in [0.1, 0.15) is 5.75 Å². The molecule has 100 valence electrons. The molecule has 0 heterocycles. The molecule has 1 nitrogen and oxygen atoms in total. The maximum Gasteiger partial charge on any atom is 0.120 e. The van der Waals surface area contributed by atoms with Gasteiger partial charge in [-0.25, -0.2) is 0 Å². The van der Waals surface area contributed by atoms with E-state index in [9.17, 15) is 0 Å². The third-order valence-electron chi connectivity index (χ3n) is 3.18. The van der Waals surface area contributed by atoms with Gasteiger partial charge in [0.05, 0.1) is 11.9 Å². The molecule has 2 aromatic rings. The van der Waals surface area contributed by atoms with Gasteiger partial charge in [-0.15, -0.1) is 0 Å². The van der Waals surface area contributed by atoms with Gasteiger partial charge in [-0.05, 0) is 42.7 Å². The van der Waals surface area contributed by atoms with Crippen LogP contribution in [-0.4, -0.2) is 7.11 Å². The molecule has 0 aliphatic heterocycles. The fourth-order valence-electron chi connectivity index (χ4n) is 2.12. The second kappa shape index (κ2) is 6.10. The van der Waals surface area contributed by atoms with Crippen LogP contribution in [0.4, 0.5) is 0 Å². The van der Waals surface area contributed by atoms with Crippen molar-refractivity contribution in [2.45, 2.75) is 18.7 Å². The summed E-state index contributed by atoms with van der Waals surface area (Å²) >= 11 is 7.41. The number of methoxy groups -OCH3 is 1. The van der Waals surface area contributed by atoms with Crippen LogP contribution in [0.15, 0.2) is 40.9 Å². The van der Waals surface area contributed by atoms with Crippen molar-refractivity contribution in [1.82, 2.24) is 0 Å². The predicted molar refractivity (Wildman–Crippen MR) is 87.4 cm³/mol. The van der Waals surface area contributed by atoms with Crippen LogP contribution < -0.4 is 4.74 Å². The van der Waals surface area contributed by atoms with Crippen molar-refractivity contribution in [3.05, 3.63) is 63.1 Å². The molecule has 0 amide bonds. The molecule has 0 aliphatic carbocycles. The number of benzene rings is 2. The number of alkyl halides is 1. The van der Waals surface area contributed by atoms with Crippen LogP contribution in [-0.2, 0) is 0 Å². The Balaban J connectivity index is 2.41. The van der Waals surface area contributed by atoms with Crippen molar-refractivity contribution in [3.8, 4) is 5.75 Å². The van der Waals surface area contributed by atoms with Gasteiger partial charge in [0, 0.05) is 4.47 Å². The van der Waals surface area contributed by atoms with Crippen LogP contribution in [0.1, 0.15) is 27.1 Å². The Kier molecular flexibility index (Phi) is 4.69. The van der Waals surface area contributed by atoms with Gasteiger partial charge in [0.2, 0.25) is 0 Å². The first-order valence-corrected chi connectivity index (χ1v) is 7.78. The summed E-state index contributed by atoms with van der Waals surface area (Å²) in [5.41, 5.74) is 5.07. The number of halogens is 2. The van der Waals surface area contributed by atoms with Crippen LogP contribution >= 0.6 is 31.9 Å². The van der Waals surface area contributed by atoms with Gasteiger partial charge in [-0.3, -0.25) is 0 Å². The van der Waals surface area contributed by atoms with Gasteiger partial charge in [-0.1, -0.05) is 61.7 Å². The SMILES string of the molecule is COc1ccc(C(Br)c2ccc(C)cc2C)c(Br)c1. The second-order valence-electron chi connectivity index (χ2n) is 4.61. The smallest absolute Gasteiger partial charge is 0.120 e. The average Bonchev–Trinajstić information content (AvgIpc) is 2.37. The van der Waals surface area contributed by atoms with E-state index in [1.807, 2.05) is 12.1 Å². The van der Waals surface area contributed by atoms with Gasteiger partial charge < -0.3 is 4.74 Å². The third kappa shape index (κ3) is 3.21. The lowest BCUT2D eigenvalue weighted by Crippen LogP contribution is -1.98. The lowest BCUT2D eigenvalue weighted by Gasteiger charge is -2.16. The molecule has 2 rings (SSSR count). The molecule has 0 radical (unpaired) electrons. The molecule has 0 saturated carbocycles. The Bertz CT molecular complexity index is 593. The fourth-order valence-corrected chi connectivity index (χ4v) is 3.92. The third-order valence-corrected chi connectivity index (χ3v) is 4.85. The highest BCUT2D eigenvalue weighted by Gasteiger charge is 2.16. The van der Waals surface area contributed by atoms with E-state index >= 15 is 0 Å². The largest absolute Gasteiger partial charge is 0.497 e. The highest BCUT2D eigenvalue weighted by molar-refractivity contribution is 9.11. The first-order valence-electron chi connectivity index (χ1n) is 6.07. The van der Waals surface area contributed by atoms with Gasteiger partial charge in [0.15, 0.2) is 0 Å². The predicted octanol–water partition coefficient (Wildman–Crippen LogP) is 5.56. The molecule has 0 saturated heterocycles. The Morgan fingerprint density at radius 3 is 2.26 bits per heavy atom. The molecule has 1 unspecified atom stereocenters. The van der Waals surface area contributed by atoms with Gasteiger partial charge in [0.25, 0.3) is 0 Å². The van der Waals surface area contributed by atoms with E-state index in [-0.39, 0.29) is 4.83 Å². The number of rotatable bonds is 3. The van der Waals surface area contributed by atoms with Crippen molar-refractivity contribution < 1.29 is 4.74 Å². The van der Waals surface area contributed by atoms with Crippen LogP contribution in [0, 0.1) is 13.8 Å². The van der Waals surface area contributed by atoms with E-state index in [0.29, 0.717) is 0 Å². The standard InChI is InChI=1S/C16H16Br2O/c1-10-4-6-13(11(2)8-10)16(18)14-7-5-12(19-3)9-15(14)17/h4-9,16H,1-3H3.